The van der Waals surface area contributed by atoms with Crippen LogP contribution in [0.15, 0.2) is 5.18 Å². The molecule has 0 heterocycles. The highest BCUT2D eigenvalue weighted by atomic mass is 31.0. The van der Waals surface area contributed by atoms with Gasteiger partial charge in [-0.3, -0.25) is 4.79 Å². The number of carbonyl (C=O) groups is 1. The predicted molar refractivity (Wildman–Crippen MR) is 25.5 cm³/mol. The quantitative estimate of drug-likeness (QED) is 0.399. The fraction of sp³-hybridized carbons (Fsp3) is 0.500. The van der Waals surface area contributed by atoms with Gasteiger partial charge in [-0.2, -0.15) is 8.78 Å². The first kappa shape index (κ1) is 7.56. The highest BCUT2D eigenvalue weighted by molar-refractivity contribution is 7.20. The Morgan fingerprint density at radius 2 is 2.00 bits per heavy atom. The Kier molecular flexibility index (Phi) is 2.10. The molecule has 0 aliphatic carbocycles. The van der Waals surface area contributed by atoms with Crippen LogP contribution in [0.25, 0.3) is 0 Å². The van der Waals surface area contributed by atoms with Crippen LogP contribution >= 0.6 is 9.24 Å². The summed E-state index contributed by atoms with van der Waals surface area (Å²) in [7, 11) is 0.899. The molecule has 1 amide bonds. The fourth-order valence-corrected chi connectivity index (χ4v) is 0.114. The SMILES string of the molecule is O=NC(=O)C(F)(F)P. The number of nitroso groups, excluding NO2 is 1. The van der Waals surface area contributed by atoms with Crippen molar-refractivity contribution in [3.63, 3.8) is 0 Å². The van der Waals surface area contributed by atoms with Gasteiger partial charge < -0.3 is 0 Å². The first-order chi connectivity index (χ1) is 3.48. The number of hydrogen-bond acceptors (Lipinski definition) is 2. The molecule has 3 nitrogen and oxygen atoms in total. The lowest BCUT2D eigenvalue weighted by atomic mass is 10.7. The smallest absolute Gasteiger partial charge is 0.262 e. The highest BCUT2D eigenvalue weighted by Crippen LogP contribution is 2.22. The summed E-state index contributed by atoms with van der Waals surface area (Å²) in [5, 5.41) is 1.50. The number of rotatable bonds is 1. The Labute approximate surface area is 45.6 Å². The standard InChI is InChI=1S/C2H2F2NO2P/c3-2(4,8)1(6)5-7/h8H2. The Hall–Kier alpha value is -0.440. The van der Waals surface area contributed by atoms with Crippen molar-refractivity contribution in [2.45, 2.75) is 5.66 Å². The Balaban J connectivity index is 4.02. The summed E-state index contributed by atoms with van der Waals surface area (Å²) in [6.07, 6.45) is 0. The number of alkyl halides is 2. The van der Waals surface area contributed by atoms with Gasteiger partial charge in [0.25, 0.3) is 0 Å². The predicted octanol–water partition coefficient (Wildman–Crippen LogP) is 0.747. The second-order valence-corrected chi connectivity index (χ2v) is 1.74. The zero-order valence-corrected chi connectivity index (χ0v) is 4.75. The van der Waals surface area contributed by atoms with Crippen molar-refractivity contribution in [3.8, 4) is 0 Å². The molecular formula is C2H2F2NO2P. The molecule has 0 N–H and O–H groups in total. The third-order valence-corrected chi connectivity index (χ3v) is 0.615. The van der Waals surface area contributed by atoms with Gasteiger partial charge in [0.05, 0.1) is 0 Å². The summed E-state index contributed by atoms with van der Waals surface area (Å²) in [6, 6.07) is 0. The highest BCUT2D eigenvalue weighted by Gasteiger charge is 2.33. The molecule has 0 aliphatic rings. The van der Waals surface area contributed by atoms with Gasteiger partial charge in [-0.15, -0.1) is 4.91 Å². The molecule has 0 aliphatic heterocycles. The molecule has 0 aromatic carbocycles. The minimum absolute atomic E-state index is 0.899. The fourth-order valence-electron chi connectivity index (χ4n) is 0.0609. The largest absolute Gasteiger partial charge is 0.358 e. The lowest BCUT2D eigenvalue weighted by Crippen LogP contribution is -2.16. The number of nitrogens with zero attached hydrogens (tertiary/aromatic N) is 1. The van der Waals surface area contributed by atoms with E-state index in [1.54, 1.807) is 0 Å². The van der Waals surface area contributed by atoms with E-state index in [1.165, 1.54) is 5.18 Å². The van der Waals surface area contributed by atoms with Gasteiger partial charge >= 0.3 is 11.6 Å². The summed E-state index contributed by atoms with van der Waals surface area (Å²) in [6.45, 7) is 0. The Morgan fingerprint density at radius 3 is 2.00 bits per heavy atom. The molecule has 0 rings (SSSR count). The average Bonchev–Trinajstić information content (AvgIpc) is 1.62. The Bertz CT molecular complexity index is 120. The van der Waals surface area contributed by atoms with E-state index in [0.29, 0.717) is 0 Å². The van der Waals surface area contributed by atoms with Crippen molar-refractivity contribution < 1.29 is 13.6 Å². The molecule has 0 saturated heterocycles. The minimum atomic E-state index is -3.69. The summed E-state index contributed by atoms with van der Waals surface area (Å²) in [5.41, 5.74) is -3.69. The van der Waals surface area contributed by atoms with Gasteiger partial charge in [-0.1, -0.05) is 9.24 Å². The van der Waals surface area contributed by atoms with Crippen LogP contribution in [0.4, 0.5) is 8.78 Å². The maximum absolute atomic E-state index is 11.4. The number of hydrogen-bond donors (Lipinski definition) is 0. The molecule has 0 radical (unpaired) electrons. The number of amides is 1. The van der Waals surface area contributed by atoms with Gasteiger partial charge in [-0.25, -0.2) is 0 Å². The van der Waals surface area contributed by atoms with Gasteiger partial charge in [-0.05, 0) is 0 Å². The molecule has 0 aromatic rings. The maximum Gasteiger partial charge on any atom is 0.358 e. The van der Waals surface area contributed by atoms with Crippen LogP contribution in [-0.2, 0) is 4.79 Å². The van der Waals surface area contributed by atoms with E-state index in [2.05, 4.69) is 0 Å². The van der Waals surface area contributed by atoms with Gasteiger partial charge in [0.2, 0.25) is 0 Å². The zero-order chi connectivity index (χ0) is 6.78. The topological polar surface area (TPSA) is 46.5 Å². The Morgan fingerprint density at radius 1 is 1.62 bits per heavy atom. The molecule has 0 spiro atoms. The second kappa shape index (κ2) is 2.22. The maximum atomic E-state index is 11.4. The molecule has 8 heavy (non-hydrogen) atoms. The van der Waals surface area contributed by atoms with Gasteiger partial charge in [0, 0.05) is 5.18 Å². The first-order valence-electron chi connectivity index (χ1n) is 1.53. The molecule has 6 heteroatoms. The van der Waals surface area contributed by atoms with Crippen molar-refractivity contribution in [2.24, 2.45) is 5.18 Å². The van der Waals surface area contributed by atoms with E-state index >= 15 is 0 Å². The van der Waals surface area contributed by atoms with Crippen LogP contribution in [0.1, 0.15) is 0 Å². The number of carbonyl (C=O) groups excluding carboxylic acids is 1. The lowest BCUT2D eigenvalue weighted by Gasteiger charge is -1.98. The molecule has 46 valence electrons. The molecule has 0 saturated carbocycles. The molecule has 0 bridgehead atoms. The first-order valence-corrected chi connectivity index (χ1v) is 2.10. The van der Waals surface area contributed by atoms with Crippen LogP contribution in [0, 0.1) is 4.91 Å². The summed E-state index contributed by atoms with van der Waals surface area (Å²) in [4.78, 5) is 18.6. The van der Waals surface area contributed by atoms with Crippen LogP contribution in [-0.4, -0.2) is 11.6 Å². The van der Waals surface area contributed by atoms with Crippen LogP contribution in [0.3, 0.4) is 0 Å². The van der Waals surface area contributed by atoms with Crippen LogP contribution < -0.4 is 0 Å². The summed E-state index contributed by atoms with van der Waals surface area (Å²) < 4.78 is 22.9. The third kappa shape index (κ3) is 2.02. The summed E-state index contributed by atoms with van der Waals surface area (Å²) in [5.74, 6) is -1.97. The van der Waals surface area contributed by atoms with E-state index in [4.69, 9.17) is 4.91 Å². The second-order valence-electron chi connectivity index (χ2n) is 1.02. The average molecular weight is 141 g/mol. The van der Waals surface area contributed by atoms with Crippen molar-refractivity contribution >= 4 is 15.1 Å². The molecule has 1 atom stereocenters. The lowest BCUT2D eigenvalue weighted by molar-refractivity contribution is -0.131. The van der Waals surface area contributed by atoms with E-state index < -0.39 is 11.6 Å². The van der Waals surface area contributed by atoms with Gasteiger partial charge in [0.1, 0.15) is 0 Å². The zero-order valence-electron chi connectivity index (χ0n) is 3.60. The van der Waals surface area contributed by atoms with Crippen molar-refractivity contribution in [3.05, 3.63) is 4.91 Å². The van der Waals surface area contributed by atoms with E-state index in [9.17, 15) is 13.6 Å². The monoisotopic (exact) mass is 141 g/mol. The van der Waals surface area contributed by atoms with Crippen LogP contribution in [0.2, 0.25) is 0 Å². The van der Waals surface area contributed by atoms with Gasteiger partial charge in [0.15, 0.2) is 0 Å². The van der Waals surface area contributed by atoms with E-state index in [-0.39, 0.29) is 0 Å². The normalized spacial score (nSPS) is 10.9. The molecule has 0 fully saturated rings. The van der Waals surface area contributed by atoms with E-state index in [0.717, 1.165) is 9.24 Å². The van der Waals surface area contributed by atoms with Crippen molar-refractivity contribution in [1.82, 2.24) is 0 Å². The molecule has 1 unspecified atom stereocenters. The molecule has 0 aromatic heterocycles. The van der Waals surface area contributed by atoms with E-state index in [1.807, 2.05) is 0 Å². The minimum Gasteiger partial charge on any atom is -0.262 e. The van der Waals surface area contributed by atoms with Crippen LogP contribution in [0.5, 0.6) is 0 Å². The molecular weight excluding hydrogens is 139 g/mol. The van der Waals surface area contributed by atoms with Crippen molar-refractivity contribution in [1.29, 1.82) is 0 Å². The number of halogens is 2. The summed E-state index contributed by atoms with van der Waals surface area (Å²) >= 11 is 0. The third-order valence-electron chi connectivity index (χ3n) is 0.368. The van der Waals surface area contributed by atoms with Crippen molar-refractivity contribution in [2.75, 3.05) is 0 Å².